The van der Waals surface area contributed by atoms with Crippen LogP contribution in [0.4, 0.5) is 5.95 Å². The molecule has 0 aliphatic carbocycles. The van der Waals surface area contributed by atoms with Gasteiger partial charge in [0.05, 0.1) is 23.4 Å². The molecule has 7 nitrogen and oxygen atoms in total. The summed E-state index contributed by atoms with van der Waals surface area (Å²) >= 11 is 0. The van der Waals surface area contributed by atoms with Crippen LogP contribution in [-0.4, -0.2) is 29.5 Å². The maximum atomic E-state index is 5.67. The molecule has 0 aliphatic heterocycles. The minimum absolute atomic E-state index is 0.201. The average Bonchev–Trinajstić information content (AvgIpc) is 3.10. The second-order valence-corrected chi connectivity index (χ2v) is 5.27. The summed E-state index contributed by atoms with van der Waals surface area (Å²) in [7, 11) is 0. The zero-order chi connectivity index (χ0) is 17.9. The first-order chi connectivity index (χ1) is 12.7. The van der Waals surface area contributed by atoms with E-state index in [0.29, 0.717) is 17.2 Å². The molecule has 0 saturated heterocycles. The second-order valence-electron chi connectivity index (χ2n) is 5.27. The minimum atomic E-state index is 0.201. The fourth-order valence-electron chi connectivity index (χ4n) is 2.40. The molecule has 0 amide bonds. The number of nitrogens with two attached hydrogens (primary N) is 1. The zero-order valence-corrected chi connectivity index (χ0v) is 13.5. The largest absolute Gasteiger partial charge is 0.368 e. The van der Waals surface area contributed by atoms with E-state index in [1.165, 1.54) is 6.20 Å². The molecule has 4 rings (SSSR count). The molecule has 0 radical (unpaired) electrons. The number of fused-ring (bicyclic) bond motifs is 1. The molecular weight excluding hydrogens is 326 g/mol. The third kappa shape index (κ3) is 2.93. The number of hydrogen-bond acceptors (Lipinski definition) is 6. The highest BCUT2D eigenvalue weighted by Crippen LogP contribution is 2.18. The first-order valence-corrected chi connectivity index (χ1v) is 7.59. The number of aromatic nitrogens is 6. The van der Waals surface area contributed by atoms with Crippen LogP contribution in [0.25, 0.3) is 16.9 Å². The summed E-state index contributed by atoms with van der Waals surface area (Å²) in [4.78, 5) is 20.7. The van der Waals surface area contributed by atoms with Gasteiger partial charge in [0.2, 0.25) is 5.95 Å². The fraction of sp³-hybridized carbons (Fsp3) is 0. The van der Waals surface area contributed by atoms with Gasteiger partial charge in [-0.15, -0.1) is 6.42 Å². The number of imidazole rings is 1. The van der Waals surface area contributed by atoms with Crippen molar-refractivity contribution in [1.29, 1.82) is 0 Å². The molecule has 0 saturated carbocycles. The van der Waals surface area contributed by atoms with Crippen LogP contribution in [-0.2, 0) is 0 Å². The molecule has 0 bridgehead atoms. The van der Waals surface area contributed by atoms with Crippen molar-refractivity contribution >= 4 is 17.0 Å². The Morgan fingerprint density at radius 1 is 1.00 bits per heavy atom. The highest BCUT2D eigenvalue weighted by molar-refractivity contribution is 5.78. The molecule has 0 atom stereocenters. The van der Waals surface area contributed by atoms with Gasteiger partial charge in [-0.2, -0.15) is 4.98 Å². The van der Waals surface area contributed by atoms with Crippen molar-refractivity contribution in [2.24, 2.45) is 0 Å². The van der Waals surface area contributed by atoms with Crippen LogP contribution in [0.2, 0.25) is 0 Å². The van der Waals surface area contributed by atoms with Gasteiger partial charge in [-0.3, -0.25) is 9.55 Å². The van der Waals surface area contributed by atoms with Gasteiger partial charge in [0.1, 0.15) is 23.5 Å². The van der Waals surface area contributed by atoms with E-state index in [1.54, 1.807) is 24.8 Å². The van der Waals surface area contributed by atoms with Crippen molar-refractivity contribution in [3.8, 4) is 30.0 Å². The number of rotatable bonds is 1. The van der Waals surface area contributed by atoms with Gasteiger partial charge in [0.15, 0.2) is 0 Å². The number of terminal acetylenes is 1. The van der Waals surface area contributed by atoms with E-state index in [1.807, 2.05) is 22.8 Å². The van der Waals surface area contributed by atoms with Crippen molar-refractivity contribution in [3.63, 3.8) is 0 Å². The van der Waals surface area contributed by atoms with Crippen LogP contribution >= 0.6 is 0 Å². The molecule has 7 heteroatoms. The Bertz CT molecular complexity index is 1220. The Morgan fingerprint density at radius 3 is 2.73 bits per heavy atom. The summed E-state index contributed by atoms with van der Waals surface area (Å²) < 4.78 is 1.83. The fourth-order valence-corrected chi connectivity index (χ4v) is 2.40. The van der Waals surface area contributed by atoms with Gasteiger partial charge in [-0.1, -0.05) is 5.92 Å². The predicted molar refractivity (Wildman–Crippen MR) is 97.0 cm³/mol. The smallest absolute Gasteiger partial charge is 0.221 e. The molecule has 4 aromatic rings. The first kappa shape index (κ1) is 15.3. The van der Waals surface area contributed by atoms with E-state index < -0.39 is 0 Å². The predicted octanol–water partition coefficient (Wildman–Crippen LogP) is 1.57. The molecule has 0 spiro atoms. The Labute approximate surface area is 149 Å². The quantitative estimate of drug-likeness (QED) is 0.530. The van der Waals surface area contributed by atoms with Gasteiger partial charge >= 0.3 is 0 Å². The number of nitrogens with zero attached hydrogens (tertiary/aromatic N) is 6. The summed E-state index contributed by atoms with van der Waals surface area (Å²) in [5.74, 6) is 9.31. The van der Waals surface area contributed by atoms with Crippen molar-refractivity contribution in [2.75, 3.05) is 5.73 Å². The summed E-state index contributed by atoms with van der Waals surface area (Å²) in [6.07, 6.45) is 11.7. The van der Waals surface area contributed by atoms with Crippen molar-refractivity contribution in [1.82, 2.24) is 29.5 Å². The van der Waals surface area contributed by atoms with Crippen LogP contribution in [0.5, 0.6) is 0 Å². The second kappa shape index (κ2) is 6.34. The third-order valence-electron chi connectivity index (χ3n) is 3.57. The van der Waals surface area contributed by atoms with E-state index >= 15 is 0 Å². The van der Waals surface area contributed by atoms with Crippen LogP contribution in [0.15, 0.2) is 49.2 Å². The van der Waals surface area contributed by atoms with Crippen molar-refractivity contribution < 1.29 is 0 Å². The molecule has 3 heterocycles. The van der Waals surface area contributed by atoms with Crippen LogP contribution < -0.4 is 5.73 Å². The van der Waals surface area contributed by atoms with Crippen LogP contribution in [0, 0.1) is 24.2 Å². The highest BCUT2D eigenvalue weighted by Gasteiger charge is 2.07. The third-order valence-corrected chi connectivity index (χ3v) is 3.57. The van der Waals surface area contributed by atoms with Crippen LogP contribution in [0.1, 0.15) is 17.0 Å². The average molecular weight is 337 g/mol. The van der Waals surface area contributed by atoms with E-state index in [4.69, 9.17) is 12.2 Å². The van der Waals surface area contributed by atoms with E-state index in [-0.39, 0.29) is 5.95 Å². The lowest BCUT2D eigenvalue weighted by atomic mass is 10.2. The van der Waals surface area contributed by atoms with E-state index in [9.17, 15) is 0 Å². The Kier molecular flexibility index (Phi) is 3.74. The number of hydrogen-bond donors (Lipinski definition) is 1. The lowest BCUT2D eigenvalue weighted by Crippen LogP contribution is -2.01. The monoisotopic (exact) mass is 337 g/mol. The molecule has 0 unspecified atom stereocenters. The highest BCUT2D eigenvalue weighted by atomic mass is 15.1. The van der Waals surface area contributed by atoms with Crippen molar-refractivity contribution in [3.05, 3.63) is 66.1 Å². The van der Waals surface area contributed by atoms with E-state index in [0.717, 1.165) is 16.6 Å². The van der Waals surface area contributed by atoms with Gasteiger partial charge in [-0.25, -0.2) is 15.0 Å². The zero-order valence-electron chi connectivity index (χ0n) is 13.5. The maximum Gasteiger partial charge on any atom is 0.221 e. The molecule has 0 aliphatic rings. The Balaban J connectivity index is 1.75. The molecule has 26 heavy (non-hydrogen) atoms. The molecule has 1 aromatic carbocycles. The Hall–Kier alpha value is -4.23. The number of benzene rings is 1. The molecule has 3 aromatic heterocycles. The SMILES string of the molecule is C#Cc1cncc(C#Cc2ccc3ncn(-c4ccnc(N)n4)c3c2)n1. The standard InChI is InChI=1S/C19H11N7/c1-2-14-10-21-11-15(24-14)5-3-13-4-6-16-17(9-13)26(12-23-16)18-7-8-22-19(20)25-18/h1,4,6-12H,(H2,20,22,25). The summed E-state index contributed by atoms with van der Waals surface area (Å²) in [5.41, 5.74) is 9.11. The van der Waals surface area contributed by atoms with Gasteiger partial charge in [0, 0.05) is 11.8 Å². The lowest BCUT2D eigenvalue weighted by molar-refractivity contribution is 1.00. The maximum absolute atomic E-state index is 5.67. The lowest BCUT2D eigenvalue weighted by Gasteiger charge is -2.03. The molecular formula is C19H11N7. The summed E-state index contributed by atoms with van der Waals surface area (Å²) in [6, 6.07) is 7.46. The van der Waals surface area contributed by atoms with Crippen LogP contribution in [0.3, 0.4) is 0 Å². The van der Waals surface area contributed by atoms with Gasteiger partial charge < -0.3 is 5.73 Å². The minimum Gasteiger partial charge on any atom is -0.368 e. The van der Waals surface area contributed by atoms with E-state index in [2.05, 4.69) is 42.7 Å². The molecule has 0 fully saturated rings. The summed E-state index contributed by atoms with van der Waals surface area (Å²) in [6.45, 7) is 0. The number of anilines is 1. The topological polar surface area (TPSA) is 95.4 Å². The number of nitrogen functional groups attached to an aromatic ring is 1. The van der Waals surface area contributed by atoms with Gasteiger partial charge in [-0.05, 0) is 36.1 Å². The first-order valence-electron chi connectivity index (χ1n) is 7.59. The van der Waals surface area contributed by atoms with Gasteiger partial charge in [0.25, 0.3) is 0 Å². The summed E-state index contributed by atoms with van der Waals surface area (Å²) in [5, 5.41) is 0. The molecule has 122 valence electrons. The van der Waals surface area contributed by atoms with Crippen molar-refractivity contribution in [2.45, 2.75) is 0 Å². The molecule has 2 N–H and O–H groups in total. The Morgan fingerprint density at radius 2 is 1.88 bits per heavy atom. The normalized spacial score (nSPS) is 10.1.